The Morgan fingerprint density at radius 1 is 1.30 bits per heavy atom. The number of hydrogen-bond donors (Lipinski definition) is 1. The molecule has 1 amide bonds. The lowest BCUT2D eigenvalue weighted by Gasteiger charge is -2.60. The molecule has 1 aromatic carbocycles. The fraction of sp³-hybridized carbons (Fsp3) is 0.550. The van der Waals surface area contributed by atoms with Gasteiger partial charge in [0.25, 0.3) is 0 Å². The van der Waals surface area contributed by atoms with Crippen LogP contribution in [0.15, 0.2) is 29.3 Å². The molecule has 4 fully saturated rings. The quantitative estimate of drug-likeness (QED) is 0.722. The molecule has 142 valence electrons. The Balaban J connectivity index is 1.48. The van der Waals surface area contributed by atoms with Gasteiger partial charge < -0.3 is 5.32 Å². The molecule has 6 rings (SSSR count). The van der Waals surface area contributed by atoms with E-state index in [1.165, 1.54) is 6.42 Å². The molecule has 0 spiro atoms. The second kappa shape index (κ2) is 6.05. The summed E-state index contributed by atoms with van der Waals surface area (Å²) >= 11 is 9.62. The standard InChI is InChI=1S/C20H22BrClN4O/c1-12-15(22)3-2-4-16(12)24-17(27)19-6-13-5-14(7-19)9-20(8-13,10-19)26-11-23-18(21)25-26/h2-4,11,13-14H,5-10H2,1H3,(H,24,27)/t13-,14-,19?,20?/m0/s1. The minimum Gasteiger partial charge on any atom is -0.325 e. The summed E-state index contributed by atoms with van der Waals surface area (Å²) in [6, 6.07) is 5.68. The summed E-state index contributed by atoms with van der Waals surface area (Å²) in [5, 5.41) is 8.46. The summed E-state index contributed by atoms with van der Waals surface area (Å²) in [6.07, 6.45) is 8.06. The van der Waals surface area contributed by atoms with Gasteiger partial charge in [0.1, 0.15) is 6.33 Å². The first-order valence-electron chi connectivity index (χ1n) is 9.53. The van der Waals surface area contributed by atoms with Crippen molar-refractivity contribution in [2.45, 2.75) is 51.0 Å². The maximum atomic E-state index is 13.5. The molecule has 5 nitrogen and oxygen atoms in total. The van der Waals surface area contributed by atoms with Crippen LogP contribution in [-0.4, -0.2) is 20.7 Å². The molecular weight excluding hydrogens is 428 g/mol. The summed E-state index contributed by atoms with van der Waals surface area (Å²) in [6.45, 7) is 1.95. The van der Waals surface area contributed by atoms with Crippen LogP contribution in [0.3, 0.4) is 0 Å². The lowest BCUT2D eigenvalue weighted by atomic mass is 9.46. The number of nitrogens with zero attached hydrogens (tertiary/aromatic N) is 3. The molecule has 0 unspecified atom stereocenters. The molecule has 4 bridgehead atoms. The van der Waals surface area contributed by atoms with Crippen LogP contribution < -0.4 is 5.32 Å². The van der Waals surface area contributed by atoms with Gasteiger partial charge in [0.05, 0.1) is 11.0 Å². The van der Waals surface area contributed by atoms with Crippen LogP contribution in [0.2, 0.25) is 5.02 Å². The van der Waals surface area contributed by atoms with Gasteiger partial charge in [-0.15, -0.1) is 5.10 Å². The highest BCUT2D eigenvalue weighted by molar-refractivity contribution is 9.10. The molecule has 0 aliphatic heterocycles. The second-order valence-electron chi connectivity index (χ2n) is 8.79. The van der Waals surface area contributed by atoms with E-state index in [-0.39, 0.29) is 16.9 Å². The van der Waals surface area contributed by atoms with Crippen molar-refractivity contribution in [3.63, 3.8) is 0 Å². The molecule has 1 aromatic heterocycles. The average Bonchev–Trinajstić information content (AvgIpc) is 3.05. The minimum absolute atomic E-state index is 0.0795. The number of carbonyl (C=O) groups excluding carboxylic acids is 1. The summed E-state index contributed by atoms with van der Waals surface area (Å²) in [5.74, 6) is 1.31. The number of benzene rings is 1. The maximum Gasteiger partial charge on any atom is 0.230 e. The van der Waals surface area contributed by atoms with Crippen molar-refractivity contribution in [3.05, 3.63) is 39.8 Å². The summed E-state index contributed by atoms with van der Waals surface area (Å²) in [5.41, 5.74) is 1.34. The number of hydrogen-bond acceptors (Lipinski definition) is 3. The number of halogens is 2. The molecule has 7 heteroatoms. The second-order valence-corrected chi connectivity index (χ2v) is 9.91. The largest absolute Gasteiger partial charge is 0.325 e. The Morgan fingerprint density at radius 2 is 2.04 bits per heavy atom. The molecule has 0 radical (unpaired) electrons. The number of anilines is 1. The lowest BCUT2D eigenvalue weighted by molar-refractivity contribution is -0.150. The van der Waals surface area contributed by atoms with E-state index < -0.39 is 0 Å². The van der Waals surface area contributed by atoms with E-state index in [1.54, 1.807) is 0 Å². The average molecular weight is 450 g/mol. The molecule has 1 N–H and O–H groups in total. The fourth-order valence-electron chi connectivity index (χ4n) is 6.22. The number of aromatic nitrogens is 3. The zero-order valence-corrected chi connectivity index (χ0v) is 17.6. The molecule has 4 aliphatic carbocycles. The Bertz CT molecular complexity index is 912. The maximum absolute atomic E-state index is 13.5. The van der Waals surface area contributed by atoms with Crippen LogP contribution in [0.5, 0.6) is 0 Å². The van der Waals surface area contributed by atoms with Gasteiger partial charge in [0, 0.05) is 10.7 Å². The number of amides is 1. The van der Waals surface area contributed by atoms with E-state index in [9.17, 15) is 4.79 Å². The third kappa shape index (κ3) is 2.75. The predicted octanol–water partition coefficient (Wildman–Crippen LogP) is 4.94. The van der Waals surface area contributed by atoms with Gasteiger partial charge in [-0.2, -0.15) is 0 Å². The third-order valence-electron chi connectivity index (χ3n) is 6.98. The SMILES string of the molecule is Cc1c(Cl)cccc1NC(=O)C12C[C@@H]3C[C@@H](C1)CC(n1cnc(Br)n1)(C3)C2. The smallest absolute Gasteiger partial charge is 0.230 e. The minimum atomic E-state index is -0.322. The number of carbonyl (C=O) groups is 1. The van der Waals surface area contributed by atoms with Gasteiger partial charge >= 0.3 is 0 Å². The van der Waals surface area contributed by atoms with Crippen LogP contribution in [0.1, 0.15) is 44.1 Å². The first-order valence-corrected chi connectivity index (χ1v) is 10.7. The van der Waals surface area contributed by atoms with Crippen LogP contribution in [-0.2, 0) is 10.3 Å². The highest BCUT2D eigenvalue weighted by Crippen LogP contribution is 2.64. The van der Waals surface area contributed by atoms with E-state index in [1.807, 2.05) is 36.1 Å². The van der Waals surface area contributed by atoms with Gasteiger partial charge in [-0.05, 0) is 90.9 Å². The molecular formula is C20H22BrClN4O. The fourth-order valence-corrected chi connectivity index (χ4v) is 6.65. The van der Waals surface area contributed by atoms with E-state index in [0.29, 0.717) is 21.6 Å². The zero-order chi connectivity index (χ0) is 18.8. The van der Waals surface area contributed by atoms with Crippen LogP contribution in [0, 0.1) is 24.2 Å². The number of nitrogens with one attached hydrogen (secondary N) is 1. The van der Waals surface area contributed by atoms with Crippen molar-refractivity contribution in [1.29, 1.82) is 0 Å². The zero-order valence-electron chi connectivity index (χ0n) is 15.2. The van der Waals surface area contributed by atoms with Crippen molar-refractivity contribution in [2.24, 2.45) is 17.3 Å². The first-order chi connectivity index (χ1) is 12.9. The monoisotopic (exact) mass is 448 g/mol. The van der Waals surface area contributed by atoms with E-state index >= 15 is 0 Å². The van der Waals surface area contributed by atoms with Gasteiger partial charge in [0.15, 0.2) is 0 Å². The molecule has 4 aliphatic rings. The van der Waals surface area contributed by atoms with Crippen LogP contribution in [0.4, 0.5) is 5.69 Å². The molecule has 1 heterocycles. The van der Waals surface area contributed by atoms with Gasteiger partial charge in [-0.1, -0.05) is 17.7 Å². The van der Waals surface area contributed by atoms with Crippen LogP contribution in [0.25, 0.3) is 0 Å². The lowest BCUT2D eigenvalue weighted by Crippen LogP contribution is -2.60. The summed E-state index contributed by atoms with van der Waals surface area (Å²) in [4.78, 5) is 17.8. The van der Waals surface area contributed by atoms with Gasteiger partial charge in [-0.25, -0.2) is 9.67 Å². The Hall–Kier alpha value is -1.40. The first kappa shape index (κ1) is 17.7. The van der Waals surface area contributed by atoms with E-state index in [4.69, 9.17) is 11.6 Å². The highest BCUT2D eigenvalue weighted by Gasteiger charge is 2.61. The molecule has 0 saturated heterocycles. The van der Waals surface area contributed by atoms with Crippen molar-refractivity contribution in [2.75, 3.05) is 5.32 Å². The molecule has 2 atom stereocenters. The topological polar surface area (TPSA) is 59.8 Å². The Kier molecular flexibility index (Phi) is 3.96. The predicted molar refractivity (Wildman–Crippen MR) is 108 cm³/mol. The van der Waals surface area contributed by atoms with E-state index in [2.05, 4.69) is 31.3 Å². The Labute approximate surface area is 172 Å². The van der Waals surface area contributed by atoms with Crippen molar-refractivity contribution in [1.82, 2.24) is 14.8 Å². The van der Waals surface area contributed by atoms with Gasteiger partial charge in [0.2, 0.25) is 10.6 Å². The third-order valence-corrected chi connectivity index (χ3v) is 7.75. The van der Waals surface area contributed by atoms with Crippen molar-refractivity contribution < 1.29 is 4.79 Å². The Morgan fingerprint density at radius 3 is 2.70 bits per heavy atom. The highest BCUT2D eigenvalue weighted by atomic mass is 79.9. The van der Waals surface area contributed by atoms with E-state index in [0.717, 1.165) is 43.4 Å². The summed E-state index contributed by atoms with van der Waals surface area (Å²) in [7, 11) is 0. The van der Waals surface area contributed by atoms with Crippen LogP contribution >= 0.6 is 27.5 Å². The van der Waals surface area contributed by atoms with Crippen molar-refractivity contribution in [3.8, 4) is 0 Å². The molecule has 27 heavy (non-hydrogen) atoms. The van der Waals surface area contributed by atoms with Crippen molar-refractivity contribution >= 4 is 39.1 Å². The molecule has 4 saturated carbocycles. The normalized spacial score (nSPS) is 34.0. The molecule has 2 aromatic rings. The number of rotatable bonds is 3. The van der Waals surface area contributed by atoms with Gasteiger partial charge in [-0.3, -0.25) is 4.79 Å². The summed E-state index contributed by atoms with van der Waals surface area (Å²) < 4.78 is 2.65.